The largest absolute Gasteiger partial charge is 0.346 e. The molecule has 5 nitrogen and oxygen atoms in total. The smallest absolute Gasteiger partial charge is 0.252 e. The van der Waals surface area contributed by atoms with Crippen molar-refractivity contribution in [3.8, 4) is 0 Å². The summed E-state index contributed by atoms with van der Waals surface area (Å²) < 4.78 is 52.1. The van der Waals surface area contributed by atoms with Gasteiger partial charge in [-0.15, -0.1) is 0 Å². The molecule has 1 aliphatic carbocycles. The van der Waals surface area contributed by atoms with Gasteiger partial charge in [-0.25, -0.2) is 17.2 Å². The van der Waals surface area contributed by atoms with Gasteiger partial charge in [-0.2, -0.15) is 4.31 Å². The van der Waals surface area contributed by atoms with Crippen LogP contribution in [0.3, 0.4) is 0 Å². The maximum Gasteiger partial charge on any atom is 0.252 e. The number of aromatic nitrogens is 1. The van der Waals surface area contributed by atoms with Crippen LogP contribution in [0, 0.1) is 0 Å². The van der Waals surface area contributed by atoms with E-state index >= 15 is 0 Å². The van der Waals surface area contributed by atoms with Crippen molar-refractivity contribution < 1.29 is 17.2 Å². The van der Waals surface area contributed by atoms with E-state index in [2.05, 4.69) is 5.32 Å². The molecule has 21 heavy (non-hydrogen) atoms. The van der Waals surface area contributed by atoms with Crippen LogP contribution in [0.4, 0.5) is 8.78 Å². The van der Waals surface area contributed by atoms with Crippen LogP contribution in [0.2, 0.25) is 0 Å². The average molecular weight is 321 g/mol. The third-order valence-electron chi connectivity index (χ3n) is 3.51. The molecule has 1 heterocycles. The number of nitrogens with one attached hydrogen (secondary N) is 1. The first-order valence-electron chi connectivity index (χ1n) is 7.02. The molecule has 0 saturated heterocycles. The van der Waals surface area contributed by atoms with Gasteiger partial charge < -0.3 is 9.88 Å². The van der Waals surface area contributed by atoms with Crippen LogP contribution in [0.1, 0.15) is 31.5 Å². The predicted octanol–water partition coefficient (Wildman–Crippen LogP) is 1.82. The molecule has 0 aromatic carbocycles. The van der Waals surface area contributed by atoms with Crippen molar-refractivity contribution >= 4 is 10.0 Å². The number of hydrogen-bond acceptors (Lipinski definition) is 3. The third-order valence-corrected chi connectivity index (χ3v) is 5.30. The molecule has 1 aromatic heterocycles. The summed E-state index contributed by atoms with van der Waals surface area (Å²) in [6.07, 6.45) is 0.943. The van der Waals surface area contributed by atoms with E-state index in [4.69, 9.17) is 0 Å². The molecule has 0 amide bonds. The molecule has 8 heteroatoms. The summed E-state index contributed by atoms with van der Waals surface area (Å²) in [4.78, 5) is 0.0884. The van der Waals surface area contributed by atoms with Crippen LogP contribution in [-0.4, -0.2) is 43.9 Å². The molecule has 0 atom stereocenters. The van der Waals surface area contributed by atoms with Gasteiger partial charge >= 0.3 is 0 Å². The van der Waals surface area contributed by atoms with E-state index in [1.165, 1.54) is 7.05 Å². The summed E-state index contributed by atoms with van der Waals surface area (Å²) in [6.45, 7) is 2.53. The average Bonchev–Trinajstić information content (AvgIpc) is 3.15. The van der Waals surface area contributed by atoms with E-state index < -0.39 is 23.0 Å². The van der Waals surface area contributed by atoms with Crippen LogP contribution in [-0.2, 0) is 16.6 Å². The van der Waals surface area contributed by atoms with Crippen molar-refractivity contribution in [3.05, 3.63) is 18.0 Å². The first kappa shape index (κ1) is 16.4. The minimum Gasteiger partial charge on any atom is -0.346 e. The van der Waals surface area contributed by atoms with Gasteiger partial charge in [-0.3, -0.25) is 0 Å². The maximum atomic E-state index is 12.4. The summed E-state index contributed by atoms with van der Waals surface area (Å²) in [5, 5.41) is 3.16. The zero-order valence-electron chi connectivity index (χ0n) is 12.2. The third kappa shape index (κ3) is 3.81. The summed E-state index contributed by atoms with van der Waals surface area (Å²) in [7, 11) is -2.68. The van der Waals surface area contributed by atoms with Crippen LogP contribution >= 0.6 is 0 Å². The molecule has 2 rings (SSSR count). The van der Waals surface area contributed by atoms with Gasteiger partial charge in [0, 0.05) is 31.5 Å². The summed E-state index contributed by atoms with van der Waals surface area (Å²) in [6, 6.07) is 1.92. The second-order valence-corrected chi connectivity index (χ2v) is 7.31. The highest BCUT2D eigenvalue weighted by Gasteiger charge is 2.30. The molecule has 0 aliphatic heterocycles. The number of alkyl halides is 2. The lowest BCUT2D eigenvalue weighted by Gasteiger charge is -2.15. The van der Waals surface area contributed by atoms with Gasteiger partial charge in [0.1, 0.15) is 4.90 Å². The Balaban J connectivity index is 2.26. The van der Waals surface area contributed by atoms with E-state index in [-0.39, 0.29) is 4.90 Å². The molecule has 1 fully saturated rings. The van der Waals surface area contributed by atoms with Crippen LogP contribution in [0.5, 0.6) is 0 Å². The summed E-state index contributed by atoms with van der Waals surface area (Å²) in [5.41, 5.74) is 0.878. The Labute approximate surface area is 124 Å². The lowest BCUT2D eigenvalue weighted by atomic mass is 10.4. The Morgan fingerprint density at radius 3 is 2.67 bits per heavy atom. The fraction of sp³-hybridized carbons (Fsp3) is 0.692. The highest BCUT2D eigenvalue weighted by atomic mass is 32.2. The Morgan fingerprint density at radius 2 is 2.14 bits per heavy atom. The molecule has 1 saturated carbocycles. The van der Waals surface area contributed by atoms with Crippen LogP contribution in [0.15, 0.2) is 17.2 Å². The lowest BCUT2D eigenvalue weighted by molar-refractivity contribution is 0.126. The van der Waals surface area contributed by atoms with Crippen molar-refractivity contribution in [1.29, 1.82) is 0 Å². The number of halogens is 2. The molecule has 0 bridgehead atoms. The van der Waals surface area contributed by atoms with E-state index in [1.54, 1.807) is 12.3 Å². The van der Waals surface area contributed by atoms with Gasteiger partial charge in [0.25, 0.3) is 6.43 Å². The minimum absolute atomic E-state index is 0.0884. The molecule has 0 spiro atoms. The first-order chi connectivity index (χ1) is 9.86. The molecule has 1 aliphatic rings. The minimum atomic E-state index is -3.86. The quantitative estimate of drug-likeness (QED) is 0.794. The van der Waals surface area contributed by atoms with E-state index in [0.29, 0.717) is 16.9 Å². The molecule has 0 unspecified atom stereocenters. The molecular formula is C13H21F2N3O2S. The zero-order chi connectivity index (χ0) is 15.6. The van der Waals surface area contributed by atoms with Gasteiger partial charge in [0.15, 0.2) is 0 Å². The van der Waals surface area contributed by atoms with Crippen molar-refractivity contribution in [1.82, 2.24) is 14.2 Å². The fourth-order valence-corrected chi connectivity index (χ4v) is 3.40. The number of hydrogen-bond donors (Lipinski definition) is 1. The first-order valence-corrected chi connectivity index (χ1v) is 8.46. The SMILES string of the molecule is CCNCc1cc(S(=O)(=O)N(C)CC(F)F)cn1C1CC1. The molecule has 0 radical (unpaired) electrons. The molecule has 1 N–H and O–H groups in total. The van der Waals surface area contributed by atoms with Gasteiger partial charge in [-0.1, -0.05) is 6.92 Å². The molecule has 120 valence electrons. The summed E-state index contributed by atoms with van der Waals surface area (Å²) in [5.74, 6) is 0. The van der Waals surface area contributed by atoms with Crippen molar-refractivity contribution in [2.75, 3.05) is 20.1 Å². The van der Waals surface area contributed by atoms with Crippen molar-refractivity contribution in [3.63, 3.8) is 0 Å². The monoisotopic (exact) mass is 321 g/mol. The highest BCUT2D eigenvalue weighted by Crippen LogP contribution is 2.37. The van der Waals surface area contributed by atoms with E-state index in [1.807, 2.05) is 11.5 Å². The van der Waals surface area contributed by atoms with Gasteiger partial charge in [-0.05, 0) is 25.5 Å². The van der Waals surface area contributed by atoms with E-state index in [9.17, 15) is 17.2 Å². The second kappa shape index (κ2) is 6.41. The second-order valence-electron chi connectivity index (χ2n) is 5.26. The fourth-order valence-electron chi connectivity index (χ4n) is 2.20. The Morgan fingerprint density at radius 1 is 1.48 bits per heavy atom. The number of nitrogens with zero attached hydrogens (tertiary/aromatic N) is 2. The van der Waals surface area contributed by atoms with E-state index in [0.717, 1.165) is 25.1 Å². The zero-order valence-corrected chi connectivity index (χ0v) is 13.0. The standard InChI is InChI=1S/C13H21F2N3O2S/c1-3-16-7-11-6-12(8-18(11)10-4-5-10)21(19,20)17(2)9-13(14)15/h6,8,10,13,16H,3-5,7,9H2,1-2H3. The normalized spacial score (nSPS) is 16.1. The maximum absolute atomic E-state index is 12.4. The van der Waals surface area contributed by atoms with Gasteiger partial charge in [0.2, 0.25) is 10.0 Å². The Bertz CT molecular complexity index is 582. The number of rotatable bonds is 8. The molecule has 1 aromatic rings. The number of sulfonamides is 1. The topological polar surface area (TPSA) is 54.3 Å². The summed E-state index contributed by atoms with van der Waals surface area (Å²) >= 11 is 0. The van der Waals surface area contributed by atoms with Crippen LogP contribution < -0.4 is 5.32 Å². The van der Waals surface area contributed by atoms with Crippen molar-refractivity contribution in [2.24, 2.45) is 0 Å². The Kier molecular flexibility index (Phi) is 5.00. The highest BCUT2D eigenvalue weighted by molar-refractivity contribution is 7.89. The van der Waals surface area contributed by atoms with Gasteiger partial charge in [0.05, 0.1) is 6.54 Å². The lowest BCUT2D eigenvalue weighted by Crippen LogP contribution is -2.31. The molecular weight excluding hydrogens is 300 g/mol. The predicted molar refractivity (Wildman–Crippen MR) is 75.9 cm³/mol. The van der Waals surface area contributed by atoms with Crippen molar-refractivity contribution in [2.45, 2.75) is 43.7 Å². The van der Waals surface area contributed by atoms with Crippen LogP contribution in [0.25, 0.3) is 0 Å². The Hall–Kier alpha value is -0.990.